The Bertz CT molecular complexity index is 1150. The summed E-state index contributed by atoms with van der Waals surface area (Å²) in [4.78, 5) is 28.4. The maximum Gasteiger partial charge on any atom is 0.255 e. The van der Waals surface area contributed by atoms with E-state index in [4.69, 9.17) is 4.74 Å². The Morgan fingerprint density at radius 2 is 1.79 bits per heavy atom. The molecule has 2 heterocycles. The summed E-state index contributed by atoms with van der Waals surface area (Å²) in [5.74, 6) is -3.30. The molecule has 0 spiro atoms. The van der Waals surface area contributed by atoms with Gasteiger partial charge in [-0.2, -0.15) is 0 Å². The molecule has 0 radical (unpaired) electrons. The molecule has 1 atom stereocenters. The minimum Gasteiger partial charge on any atom is -0.507 e. The van der Waals surface area contributed by atoms with Gasteiger partial charge in [-0.15, -0.1) is 11.3 Å². The van der Waals surface area contributed by atoms with Gasteiger partial charge in [-0.3, -0.25) is 14.5 Å². The summed E-state index contributed by atoms with van der Waals surface area (Å²) < 4.78 is 32.1. The largest absolute Gasteiger partial charge is 0.507 e. The van der Waals surface area contributed by atoms with Gasteiger partial charge >= 0.3 is 0 Å². The Labute approximate surface area is 199 Å². The maximum absolute atomic E-state index is 13.4. The van der Waals surface area contributed by atoms with Crippen LogP contribution in [0.2, 0.25) is 0 Å². The number of nitrogens with zero attached hydrogens (tertiary/aromatic N) is 1. The van der Waals surface area contributed by atoms with Crippen molar-refractivity contribution in [3.63, 3.8) is 0 Å². The lowest BCUT2D eigenvalue weighted by molar-refractivity contribution is 0.0169. The fourth-order valence-corrected chi connectivity index (χ4v) is 4.61. The molecule has 34 heavy (non-hydrogen) atoms. The number of anilines is 1. The van der Waals surface area contributed by atoms with E-state index in [0.717, 1.165) is 30.1 Å². The van der Waals surface area contributed by atoms with Gasteiger partial charge in [0.1, 0.15) is 17.4 Å². The second-order valence-corrected chi connectivity index (χ2v) is 8.71. The first kappa shape index (κ1) is 23.8. The zero-order valence-electron chi connectivity index (χ0n) is 18.1. The number of nitrogens with one attached hydrogen (secondary N) is 2. The minimum atomic E-state index is -0.877. The van der Waals surface area contributed by atoms with E-state index in [0.29, 0.717) is 25.8 Å². The quantitative estimate of drug-likeness (QED) is 0.472. The second kappa shape index (κ2) is 10.7. The summed E-state index contributed by atoms with van der Waals surface area (Å²) in [5.41, 5.74) is 0.0109. The molecule has 1 aliphatic rings. The molecular weight excluding hydrogens is 464 g/mol. The lowest BCUT2D eigenvalue weighted by Crippen LogP contribution is -2.43. The Hall–Kier alpha value is -3.34. The monoisotopic (exact) mass is 487 g/mol. The van der Waals surface area contributed by atoms with Gasteiger partial charge in [0.2, 0.25) is 0 Å². The van der Waals surface area contributed by atoms with Crippen molar-refractivity contribution in [2.45, 2.75) is 6.04 Å². The van der Waals surface area contributed by atoms with E-state index in [-0.39, 0.29) is 28.6 Å². The molecule has 1 saturated heterocycles. The number of benzene rings is 2. The van der Waals surface area contributed by atoms with Gasteiger partial charge in [0, 0.05) is 47.9 Å². The summed E-state index contributed by atoms with van der Waals surface area (Å²) in [7, 11) is 0. The Kier molecular flexibility index (Phi) is 7.51. The SMILES string of the molecule is O=C(Nc1ccc(C(=O)NCC(c2cccs2)N2CCOCC2)c(O)c1)c1cc(F)cc(F)c1. The number of carbonyl (C=O) groups excluding carboxylic acids is 2. The molecule has 0 saturated carbocycles. The zero-order valence-corrected chi connectivity index (χ0v) is 18.9. The number of ether oxygens (including phenoxy) is 1. The number of carbonyl (C=O) groups is 2. The summed E-state index contributed by atoms with van der Waals surface area (Å²) in [5, 5.41) is 17.7. The normalized spacial score (nSPS) is 15.0. The Morgan fingerprint density at radius 3 is 2.44 bits per heavy atom. The van der Waals surface area contributed by atoms with E-state index >= 15 is 0 Å². The van der Waals surface area contributed by atoms with Gasteiger partial charge < -0.3 is 20.5 Å². The number of phenolic OH excluding ortho intramolecular Hbond substituents is 1. The van der Waals surface area contributed by atoms with E-state index in [9.17, 15) is 23.5 Å². The van der Waals surface area contributed by atoms with Crippen molar-refractivity contribution in [2.75, 3.05) is 38.2 Å². The van der Waals surface area contributed by atoms with Crippen molar-refractivity contribution in [1.29, 1.82) is 0 Å². The molecular formula is C24H23F2N3O4S. The highest BCUT2D eigenvalue weighted by atomic mass is 32.1. The number of thiophene rings is 1. The number of rotatable bonds is 7. The zero-order chi connectivity index (χ0) is 24.1. The molecule has 7 nitrogen and oxygen atoms in total. The van der Waals surface area contributed by atoms with Crippen LogP contribution < -0.4 is 10.6 Å². The molecule has 178 valence electrons. The average Bonchev–Trinajstić information content (AvgIpc) is 3.34. The van der Waals surface area contributed by atoms with Crippen LogP contribution in [0, 0.1) is 11.6 Å². The summed E-state index contributed by atoms with van der Waals surface area (Å²) >= 11 is 1.61. The molecule has 2 amide bonds. The van der Waals surface area contributed by atoms with Crippen molar-refractivity contribution in [3.05, 3.63) is 81.5 Å². The Morgan fingerprint density at radius 1 is 1.06 bits per heavy atom. The first-order valence-electron chi connectivity index (χ1n) is 10.6. The molecule has 1 unspecified atom stereocenters. The number of phenols is 1. The van der Waals surface area contributed by atoms with Crippen molar-refractivity contribution in [3.8, 4) is 5.75 Å². The lowest BCUT2D eigenvalue weighted by Gasteiger charge is -2.34. The first-order chi connectivity index (χ1) is 16.4. The third kappa shape index (κ3) is 5.77. The van der Waals surface area contributed by atoms with Gasteiger partial charge in [0.25, 0.3) is 11.8 Å². The molecule has 4 rings (SSSR count). The van der Waals surface area contributed by atoms with Gasteiger partial charge in [-0.25, -0.2) is 8.78 Å². The minimum absolute atomic E-state index is 0.0137. The third-order valence-corrected chi connectivity index (χ3v) is 6.41. The van der Waals surface area contributed by atoms with Crippen LogP contribution in [0.1, 0.15) is 31.6 Å². The third-order valence-electron chi connectivity index (χ3n) is 5.44. The van der Waals surface area contributed by atoms with E-state index in [2.05, 4.69) is 15.5 Å². The van der Waals surface area contributed by atoms with E-state index < -0.39 is 23.4 Å². The number of aromatic hydroxyl groups is 1. The molecule has 10 heteroatoms. The van der Waals surface area contributed by atoms with Crippen LogP contribution in [-0.2, 0) is 4.74 Å². The van der Waals surface area contributed by atoms with E-state index in [1.54, 1.807) is 11.3 Å². The van der Waals surface area contributed by atoms with Gasteiger partial charge in [-0.05, 0) is 35.7 Å². The summed E-state index contributed by atoms with van der Waals surface area (Å²) in [6.45, 7) is 3.13. The second-order valence-electron chi connectivity index (χ2n) is 7.73. The molecule has 0 aliphatic carbocycles. The number of halogens is 2. The van der Waals surface area contributed by atoms with Crippen LogP contribution in [0.15, 0.2) is 53.9 Å². The van der Waals surface area contributed by atoms with Gasteiger partial charge in [0.15, 0.2) is 0 Å². The van der Waals surface area contributed by atoms with Crippen molar-refractivity contribution in [2.24, 2.45) is 0 Å². The topological polar surface area (TPSA) is 90.9 Å². The van der Waals surface area contributed by atoms with E-state index in [1.807, 2.05) is 17.5 Å². The predicted octanol–water partition coefficient (Wildman–Crippen LogP) is 3.79. The predicted molar refractivity (Wildman–Crippen MR) is 124 cm³/mol. The smallest absolute Gasteiger partial charge is 0.255 e. The fourth-order valence-electron chi connectivity index (χ4n) is 3.75. The molecule has 3 N–H and O–H groups in total. The van der Waals surface area contributed by atoms with Crippen molar-refractivity contribution in [1.82, 2.24) is 10.2 Å². The van der Waals surface area contributed by atoms with Crippen molar-refractivity contribution < 1.29 is 28.2 Å². The number of hydrogen-bond acceptors (Lipinski definition) is 6. The number of amides is 2. The highest BCUT2D eigenvalue weighted by molar-refractivity contribution is 7.10. The number of morpholine rings is 1. The highest BCUT2D eigenvalue weighted by Gasteiger charge is 2.24. The highest BCUT2D eigenvalue weighted by Crippen LogP contribution is 2.27. The lowest BCUT2D eigenvalue weighted by atomic mass is 10.1. The summed E-state index contributed by atoms with van der Waals surface area (Å²) in [6.07, 6.45) is 0. The average molecular weight is 488 g/mol. The standard InChI is InChI=1S/C24H23F2N3O4S/c25-16-10-15(11-17(26)12-16)23(31)28-18-3-4-19(21(30)13-18)24(32)27-14-20(22-2-1-9-34-22)29-5-7-33-8-6-29/h1-4,9-13,20,30H,5-8,14H2,(H,27,32)(H,28,31). The molecule has 0 bridgehead atoms. The number of hydrogen-bond donors (Lipinski definition) is 3. The molecule has 1 fully saturated rings. The van der Waals surface area contributed by atoms with Crippen LogP contribution in [0.5, 0.6) is 5.75 Å². The first-order valence-corrected chi connectivity index (χ1v) is 11.5. The van der Waals surface area contributed by atoms with Crippen LogP contribution in [0.4, 0.5) is 14.5 Å². The fraction of sp³-hybridized carbons (Fsp3) is 0.250. The van der Waals surface area contributed by atoms with Crippen LogP contribution in [0.25, 0.3) is 0 Å². The van der Waals surface area contributed by atoms with Crippen LogP contribution >= 0.6 is 11.3 Å². The maximum atomic E-state index is 13.4. The Balaban J connectivity index is 1.41. The molecule has 2 aromatic carbocycles. The van der Waals surface area contributed by atoms with E-state index in [1.165, 1.54) is 18.2 Å². The van der Waals surface area contributed by atoms with Gasteiger partial charge in [-0.1, -0.05) is 6.07 Å². The molecule has 3 aromatic rings. The summed E-state index contributed by atoms with van der Waals surface area (Å²) in [6, 6.07) is 10.5. The van der Waals surface area contributed by atoms with Gasteiger partial charge in [0.05, 0.1) is 24.8 Å². The molecule has 1 aliphatic heterocycles. The van der Waals surface area contributed by atoms with Crippen molar-refractivity contribution >= 4 is 28.8 Å². The van der Waals surface area contributed by atoms with Crippen LogP contribution in [-0.4, -0.2) is 54.7 Å². The van der Waals surface area contributed by atoms with Crippen LogP contribution in [0.3, 0.4) is 0 Å². The molecule has 1 aromatic heterocycles.